The Morgan fingerprint density at radius 1 is 1.40 bits per heavy atom. The molecular weight excluding hydrogens is 292 g/mol. The van der Waals surface area contributed by atoms with Crippen molar-refractivity contribution in [1.82, 2.24) is 10.2 Å². The van der Waals surface area contributed by atoms with E-state index in [0.29, 0.717) is 16.0 Å². The number of aromatic nitrogens is 2. The molecule has 2 aromatic rings. The minimum atomic E-state index is -0.234. The number of para-hydroxylation sites is 1. The Morgan fingerprint density at radius 2 is 2.10 bits per heavy atom. The molecule has 2 rings (SSSR count). The summed E-state index contributed by atoms with van der Waals surface area (Å²) in [6, 6.07) is 9.65. The van der Waals surface area contributed by atoms with Crippen LogP contribution in [0, 0.1) is 0 Å². The second kappa shape index (κ2) is 6.71. The lowest BCUT2D eigenvalue weighted by molar-refractivity contribution is -0.117. The number of hydrogen-bond donors (Lipinski definition) is 1. The summed E-state index contributed by atoms with van der Waals surface area (Å²) in [4.78, 5) is 14.3. The van der Waals surface area contributed by atoms with Gasteiger partial charge in [-0.05, 0) is 26.0 Å². The van der Waals surface area contributed by atoms with E-state index in [2.05, 4.69) is 10.2 Å². The summed E-state index contributed by atoms with van der Waals surface area (Å²) in [5.74, 6) is 0.0532. The highest BCUT2D eigenvalue weighted by Gasteiger charge is 2.22. The number of nitrogen functional groups attached to an aromatic ring is 1. The zero-order valence-electron chi connectivity index (χ0n) is 11.3. The molecule has 0 aliphatic carbocycles. The Bertz CT molecular complexity index is 573. The number of benzene rings is 1. The zero-order chi connectivity index (χ0) is 14.5. The molecule has 0 saturated carbocycles. The van der Waals surface area contributed by atoms with Crippen molar-refractivity contribution >= 4 is 39.8 Å². The van der Waals surface area contributed by atoms with Gasteiger partial charge in [-0.3, -0.25) is 4.79 Å². The zero-order valence-corrected chi connectivity index (χ0v) is 12.9. The molecular formula is C13H16N4OS2. The number of nitrogens with zero attached hydrogens (tertiary/aromatic N) is 3. The second-order valence-corrected chi connectivity index (χ2v) is 6.68. The van der Waals surface area contributed by atoms with E-state index in [-0.39, 0.29) is 11.2 Å². The number of hydrogen-bond acceptors (Lipinski definition) is 6. The van der Waals surface area contributed by atoms with Crippen LogP contribution in [0.4, 0.5) is 10.8 Å². The Labute approximate surface area is 126 Å². The average Bonchev–Trinajstić information content (AvgIpc) is 2.86. The van der Waals surface area contributed by atoms with Gasteiger partial charge in [0.15, 0.2) is 4.34 Å². The van der Waals surface area contributed by atoms with Crippen LogP contribution in [0.1, 0.15) is 13.8 Å². The molecule has 0 saturated heterocycles. The van der Waals surface area contributed by atoms with Crippen LogP contribution in [0.15, 0.2) is 34.7 Å². The third kappa shape index (κ3) is 3.49. The monoisotopic (exact) mass is 308 g/mol. The molecule has 1 aromatic heterocycles. The first-order valence-electron chi connectivity index (χ1n) is 6.24. The highest BCUT2D eigenvalue weighted by Crippen LogP contribution is 2.29. The molecule has 0 spiro atoms. The summed E-state index contributed by atoms with van der Waals surface area (Å²) in [5, 5.41) is 7.87. The standard InChI is InChI=1S/C13H16N4OS2/c1-3-17(10-7-5-4-6-8-10)11(18)9(2)19-13-16-15-12(14)20-13/h4-9H,3H2,1-2H3,(H2,14,15). The number of amides is 1. The number of thioether (sulfide) groups is 1. The minimum Gasteiger partial charge on any atom is -0.374 e. The van der Waals surface area contributed by atoms with Gasteiger partial charge in [-0.1, -0.05) is 41.3 Å². The van der Waals surface area contributed by atoms with Crippen LogP contribution >= 0.6 is 23.1 Å². The maximum Gasteiger partial charge on any atom is 0.240 e. The summed E-state index contributed by atoms with van der Waals surface area (Å²) >= 11 is 2.68. The molecule has 0 radical (unpaired) electrons. The summed E-state index contributed by atoms with van der Waals surface area (Å²) in [5.41, 5.74) is 6.45. The first-order chi connectivity index (χ1) is 9.61. The van der Waals surface area contributed by atoms with E-state index < -0.39 is 0 Å². The van der Waals surface area contributed by atoms with Crippen LogP contribution in [0.25, 0.3) is 0 Å². The van der Waals surface area contributed by atoms with Crippen LogP contribution in [0.5, 0.6) is 0 Å². The van der Waals surface area contributed by atoms with Crippen molar-refractivity contribution in [3.05, 3.63) is 30.3 Å². The number of anilines is 2. The van der Waals surface area contributed by atoms with E-state index in [4.69, 9.17) is 5.73 Å². The lowest BCUT2D eigenvalue weighted by atomic mass is 10.2. The van der Waals surface area contributed by atoms with E-state index in [9.17, 15) is 4.79 Å². The quantitative estimate of drug-likeness (QED) is 0.860. The van der Waals surface area contributed by atoms with Crippen molar-refractivity contribution in [3.63, 3.8) is 0 Å². The van der Waals surface area contributed by atoms with Crippen LogP contribution in [-0.4, -0.2) is 27.9 Å². The molecule has 0 bridgehead atoms. The maximum absolute atomic E-state index is 12.5. The normalized spacial score (nSPS) is 12.1. The SMILES string of the molecule is CCN(C(=O)C(C)Sc1nnc(N)s1)c1ccccc1. The molecule has 20 heavy (non-hydrogen) atoms. The number of rotatable bonds is 5. The van der Waals surface area contributed by atoms with Crippen molar-refractivity contribution in [1.29, 1.82) is 0 Å². The van der Waals surface area contributed by atoms with Gasteiger partial charge >= 0.3 is 0 Å². The summed E-state index contributed by atoms with van der Waals surface area (Å²) in [6.45, 7) is 4.47. The molecule has 0 fully saturated rings. The van der Waals surface area contributed by atoms with Crippen molar-refractivity contribution < 1.29 is 4.79 Å². The van der Waals surface area contributed by atoms with Gasteiger partial charge in [0.1, 0.15) is 0 Å². The lowest BCUT2D eigenvalue weighted by Crippen LogP contribution is -2.36. The summed E-state index contributed by atoms with van der Waals surface area (Å²) in [7, 11) is 0. The largest absolute Gasteiger partial charge is 0.374 e. The van der Waals surface area contributed by atoms with Crippen molar-refractivity contribution in [2.24, 2.45) is 0 Å². The molecule has 0 aliphatic rings. The Hall–Kier alpha value is -1.60. The Morgan fingerprint density at radius 3 is 2.65 bits per heavy atom. The molecule has 5 nitrogen and oxygen atoms in total. The lowest BCUT2D eigenvalue weighted by Gasteiger charge is -2.23. The molecule has 1 atom stereocenters. The number of carbonyl (C=O) groups is 1. The van der Waals surface area contributed by atoms with Gasteiger partial charge in [-0.25, -0.2) is 0 Å². The fourth-order valence-corrected chi connectivity index (χ4v) is 3.60. The molecule has 1 aromatic carbocycles. The van der Waals surface area contributed by atoms with Gasteiger partial charge in [-0.2, -0.15) is 0 Å². The maximum atomic E-state index is 12.5. The van der Waals surface area contributed by atoms with Crippen molar-refractivity contribution in [3.8, 4) is 0 Å². The first kappa shape index (κ1) is 14.8. The molecule has 106 valence electrons. The van der Waals surface area contributed by atoms with Crippen LogP contribution in [-0.2, 0) is 4.79 Å². The molecule has 1 unspecified atom stereocenters. The van der Waals surface area contributed by atoms with Gasteiger partial charge in [0.2, 0.25) is 11.0 Å². The van der Waals surface area contributed by atoms with Crippen molar-refractivity contribution in [2.45, 2.75) is 23.4 Å². The first-order valence-corrected chi connectivity index (χ1v) is 7.93. The Kier molecular flexibility index (Phi) is 4.97. The second-order valence-electron chi connectivity index (χ2n) is 4.08. The molecule has 0 aliphatic heterocycles. The predicted molar refractivity (Wildman–Crippen MR) is 84.1 cm³/mol. The molecule has 2 N–H and O–H groups in total. The van der Waals surface area contributed by atoms with Gasteiger partial charge in [0, 0.05) is 12.2 Å². The summed E-state index contributed by atoms with van der Waals surface area (Å²) < 4.78 is 0.715. The highest BCUT2D eigenvalue weighted by atomic mass is 32.2. The number of carbonyl (C=O) groups excluding carboxylic acids is 1. The Balaban J connectivity index is 2.08. The molecule has 1 heterocycles. The van der Waals surface area contributed by atoms with Gasteiger partial charge < -0.3 is 10.6 Å². The molecule has 7 heteroatoms. The predicted octanol–water partition coefficient (Wildman–Crippen LogP) is 2.65. The fourth-order valence-electron chi connectivity index (χ4n) is 1.76. The van der Waals surface area contributed by atoms with E-state index in [0.717, 1.165) is 5.69 Å². The van der Waals surface area contributed by atoms with Gasteiger partial charge in [-0.15, -0.1) is 10.2 Å². The number of nitrogens with two attached hydrogens (primary N) is 1. The fraction of sp³-hybridized carbons (Fsp3) is 0.308. The molecule has 1 amide bonds. The van der Waals surface area contributed by atoms with E-state index in [1.807, 2.05) is 44.2 Å². The smallest absolute Gasteiger partial charge is 0.240 e. The van der Waals surface area contributed by atoms with Gasteiger partial charge in [0.25, 0.3) is 0 Å². The van der Waals surface area contributed by atoms with Gasteiger partial charge in [0.05, 0.1) is 5.25 Å². The minimum absolute atomic E-state index is 0.0532. The summed E-state index contributed by atoms with van der Waals surface area (Å²) in [6.07, 6.45) is 0. The van der Waals surface area contributed by atoms with Crippen LogP contribution < -0.4 is 10.6 Å². The van der Waals surface area contributed by atoms with E-state index in [1.165, 1.54) is 23.1 Å². The van der Waals surface area contributed by atoms with E-state index in [1.54, 1.807) is 4.90 Å². The van der Waals surface area contributed by atoms with Crippen LogP contribution in [0.2, 0.25) is 0 Å². The van der Waals surface area contributed by atoms with Crippen molar-refractivity contribution in [2.75, 3.05) is 17.2 Å². The highest BCUT2D eigenvalue weighted by molar-refractivity contribution is 8.02. The third-order valence-corrected chi connectivity index (χ3v) is 4.62. The van der Waals surface area contributed by atoms with E-state index >= 15 is 0 Å². The third-order valence-electron chi connectivity index (χ3n) is 2.70. The topological polar surface area (TPSA) is 72.1 Å². The van der Waals surface area contributed by atoms with Crippen LogP contribution in [0.3, 0.4) is 0 Å². The average molecular weight is 308 g/mol.